The van der Waals surface area contributed by atoms with Gasteiger partial charge in [0.25, 0.3) is 0 Å². The number of benzene rings is 1. The van der Waals surface area contributed by atoms with Crippen molar-refractivity contribution in [2.45, 2.75) is 6.42 Å². The molecule has 6 nitrogen and oxygen atoms in total. The molecule has 0 aliphatic rings. The normalized spacial score (nSPS) is 10.0. The zero-order valence-corrected chi connectivity index (χ0v) is 13.1. The molecule has 0 heterocycles. The Balaban J connectivity index is 2.72. The fourth-order valence-corrected chi connectivity index (χ4v) is 1.79. The first-order valence-corrected chi connectivity index (χ1v) is 6.95. The lowest BCUT2D eigenvalue weighted by molar-refractivity contribution is 0.156. The average Bonchev–Trinajstić information content (AvgIpc) is 2.47. The number of carbonyl (C=O) groups excluding carboxylic acids is 1. The summed E-state index contributed by atoms with van der Waals surface area (Å²) < 4.78 is 10.2. The van der Waals surface area contributed by atoms with Crippen LogP contribution < -0.4 is 15.8 Å². The van der Waals surface area contributed by atoms with Crippen molar-refractivity contribution in [2.75, 3.05) is 39.2 Å². The minimum Gasteiger partial charge on any atom is -0.495 e. The lowest BCUT2D eigenvalue weighted by atomic mass is 10.3. The molecule has 3 N–H and O–H groups in total. The number of hydrogen-bond donors (Lipinski definition) is 2. The molecule has 0 spiro atoms. The third-order valence-corrected chi connectivity index (χ3v) is 3.03. The summed E-state index contributed by atoms with van der Waals surface area (Å²) >= 11 is 4.85. The number of hydrogen-bond acceptors (Lipinski definition) is 4. The Labute approximate surface area is 130 Å². The molecule has 0 saturated heterocycles. The van der Waals surface area contributed by atoms with Gasteiger partial charge in [0, 0.05) is 26.6 Å². The second kappa shape index (κ2) is 9.15. The van der Waals surface area contributed by atoms with Crippen molar-refractivity contribution in [3.63, 3.8) is 0 Å². The lowest BCUT2D eigenvalue weighted by Crippen LogP contribution is -2.39. The Bertz CT molecular complexity index is 482. The largest absolute Gasteiger partial charge is 0.495 e. The van der Waals surface area contributed by atoms with Gasteiger partial charge in [-0.2, -0.15) is 0 Å². The highest BCUT2D eigenvalue weighted by Crippen LogP contribution is 2.23. The molecule has 0 aliphatic carbocycles. The van der Waals surface area contributed by atoms with E-state index < -0.39 is 0 Å². The van der Waals surface area contributed by atoms with Crippen LogP contribution in [-0.2, 0) is 4.74 Å². The van der Waals surface area contributed by atoms with Crippen molar-refractivity contribution in [1.29, 1.82) is 0 Å². The molecule has 21 heavy (non-hydrogen) atoms. The van der Waals surface area contributed by atoms with Gasteiger partial charge >= 0.3 is 6.03 Å². The van der Waals surface area contributed by atoms with Gasteiger partial charge in [0.2, 0.25) is 0 Å². The van der Waals surface area contributed by atoms with Crippen molar-refractivity contribution in [3.05, 3.63) is 24.3 Å². The molecule has 0 aliphatic heterocycles. The van der Waals surface area contributed by atoms with Gasteiger partial charge in [0.15, 0.2) is 0 Å². The Morgan fingerprint density at radius 2 is 2.05 bits per heavy atom. The van der Waals surface area contributed by atoms with Crippen LogP contribution >= 0.6 is 12.2 Å². The van der Waals surface area contributed by atoms with Crippen LogP contribution in [0.15, 0.2) is 24.3 Å². The van der Waals surface area contributed by atoms with E-state index in [1.165, 1.54) is 0 Å². The zero-order chi connectivity index (χ0) is 15.7. The molecular formula is C14H21N3O3S. The van der Waals surface area contributed by atoms with Crippen molar-refractivity contribution < 1.29 is 14.3 Å². The molecule has 2 amide bonds. The first-order chi connectivity index (χ1) is 10.1. The van der Waals surface area contributed by atoms with Gasteiger partial charge in [-0.25, -0.2) is 4.79 Å². The summed E-state index contributed by atoms with van der Waals surface area (Å²) in [7, 11) is 3.14. The molecule has 0 atom stereocenters. The minimum atomic E-state index is -0.243. The molecule has 0 unspecified atom stereocenters. The highest BCUT2D eigenvalue weighted by Gasteiger charge is 2.15. The van der Waals surface area contributed by atoms with E-state index in [-0.39, 0.29) is 6.03 Å². The van der Waals surface area contributed by atoms with Gasteiger partial charge in [0.05, 0.1) is 24.4 Å². The van der Waals surface area contributed by atoms with Gasteiger partial charge in [-0.3, -0.25) is 0 Å². The van der Waals surface area contributed by atoms with Crippen LogP contribution in [0.3, 0.4) is 0 Å². The first-order valence-electron chi connectivity index (χ1n) is 6.54. The number of rotatable bonds is 8. The number of urea groups is 1. The Kier molecular flexibility index (Phi) is 7.49. The predicted octanol–water partition coefficient (Wildman–Crippen LogP) is 1.85. The van der Waals surface area contributed by atoms with Crippen molar-refractivity contribution in [3.8, 4) is 5.75 Å². The monoisotopic (exact) mass is 311 g/mol. The zero-order valence-electron chi connectivity index (χ0n) is 12.3. The van der Waals surface area contributed by atoms with E-state index in [0.717, 1.165) is 0 Å². The molecule has 0 radical (unpaired) electrons. The van der Waals surface area contributed by atoms with E-state index in [9.17, 15) is 4.79 Å². The molecule has 1 aromatic carbocycles. The maximum atomic E-state index is 12.3. The summed E-state index contributed by atoms with van der Waals surface area (Å²) in [6, 6.07) is 6.98. The SMILES string of the molecule is COCCN(CCC(N)=S)C(=O)Nc1ccccc1OC. The number of anilines is 1. The summed E-state index contributed by atoms with van der Waals surface area (Å²) in [6.45, 7) is 1.34. The Morgan fingerprint density at radius 3 is 2.67 bits per heavy atom. The highest BCUT2D eigenvalue weighted by atomic mass is 32.1. The average molecular weight is 311 g/mol. The smallest absolute Gasteiger partial charge is 0.322 e. The molecule has 0 bridgehead atoms. The number of carbonyl (C=O) groups is 1. The number of nitrogens with zero attached hydrogens (tertiary/aromatic N) is 1. The summed E-state index contributed by atoms with van der Waals surface area (Å²) in [5.74, 6) is 0.604. The van der Waals surface area contributed by atoms with Gasteiger partial charge in [-0.15, -0.1) is 0 Å². The summed E-state index contributed by atoms with van der Waals surface area (Å²) in [6.07, 6.45) is 0.471. The van der Waals surface area contributed by atoms with Gasteiger partial charge in [0.1, 0.15) is 5.75 Å². The standard InChI is InChI=1S/C14H21N3O3S/c1-19-10-9-17(8-7-13(15)21)14(18)16-11-5-3-4-6-12(11)20-2/h3-6H,7-10H2,1-2H3,(H2,15,21)(H,16,18). The maximum Gasteiger partial charge on any atom is 0.322 e. The number of nitrogens with one attached hydrogen (secondary N) is 1. The Morgan fingerprint density at radius 1 is 1.33 bits per heavy atom. The number of para-hydroxylation sites is 2. The van der Waals surface area contributed by atoms with Gasteiger partial charge in [-0.05, 0) is 12.1 Å². The molecule has 0 fully saturated rings. The summed E-state index contributed by atoms with van der Waals surface area (Å²) in [5, 5.41) is 2.82. The van der Waals surface area contributed by atoms with Crippen LogP contribution in [0.5, 0.6) is 5.75 Å². The third kappa shape index (κ3) is 5.97. The lowest BCUT2D eigenvalue weighted by Gasteiger charge is -2.23. The molecule has 1 aromatic rings. The van der Waals surface area contributed by atoms with E-state index >= 15 is 0 Å². The predicted molar refractivity (Wildman–Crippen MR) is 86.9 cm³/mol. The topological polar surface area (TPSA) is 76.8 Å². The van der Waals surface area contributed by atoms with E-state index in [2.05, 4.69) is 5.32 Å². The summed E-state index contributed by atoms with van der Waals surface area (Å²) in [4.78, 5) is 14.3. The second-order valence-electron chi connectivity index (χ2n) is 4.33. The molecule has 0 aromatic heterocycles. The van der Waals surface area contributed by atoms with Crippen LogP contribution in [0.25, 0.3) is 0 Å². The van der Waals surface area contributed by atoms with Crippen LogP contribution in [0, 0.1) is 0 Å². The molecule has 0 saturated carbocycles. The fraction of sp³-hybridized carbons (Fsp3) is 0.429. The molecule has 1 rings (SSSR count). The molecule has 7 heteroatoms. The number of nitrogens with two attached hydrogens (primary N) is 1. The van der Waals surface area contributed by atoms with Crippen molar-refractivity contribution in [2.24, 2.45) is 5.73 Å². The number of methoxy groups -OCH3 is 2. The van der Waals surface area contributed by atoms with Crippen molar-refractivity contribution in [1.82, 2.24) is 4.90 Å². The second-order valence-corrected chi connectivity index (χ2v) is 4.85. The Hall–Kier alpha value is -1.86. The third-order valence-electron chi connectivity index (χ3n) is 2.83. The van der Waals surface area contributed by atoms with E-state index in [4.69, 9.17) is 27.4 Å². The van der Waals surface area contributed by atoms with Gasteiger partial charge < -0.3 is 25.4 Å². The van der Waals surface area contributed by atoms with E-state index in [1.54, 1.807) is 31.3 Å². The van der Waals surface area contributed by atoms with Gasteiger partial charge in [-0.1, -0.05) is 24.4 Å². The van der Waals surface area contributed by atoms with E-state index in [1.807, 2.05) is 12.1 Å². The van der Waals surface area contributed by atoms with Crippen LogP contribution in [0.1, 0.15) is 6.42 Å². The maximum absolute atomic E-state index is 12.3. The minimum absolute atomic E-state index is 0.243. The number of thiocarbonyl (C=S) groups is 1. The van der Waals surface area contributed by atoms with Crippen LogP contribution in [-0.4, -0.2) is 49.8 Å². The van der Waals surface area contributed by atoms with E-state index in [0.29, 0.717) is 42.5 Å². The highest BCUT2D eigenvalue weighted by molar-refractivity contribution is 7.80. The first kappa shape index (κ1) is 17.2. The van der Waals surface area contributed by atoms with Crippen LogP contribution in [0.4, 0.5) is 10.5 Å². The molecule has 116 valence electrons. The number of amides is 2. The van der Waals surface area contributed by atoms with Crippen molar-refractivity contribution >= 4 is 28.9 Å². The van der Waals surface area contributed by atoms with Crippen LogP contribution in [0.2, 0.25) is 0 Å². The quantitative estimate of drug-likeness (QED) is 0.717. The summed E-state index contributed by atoms with van der Waals surface area (Å²) in [5.41, 5.74) is 6.10. The fourth-order valence-electron chi connectivity index (χ4n) is 1.70. The molecular weight excluding hydrogens is 290 g/mol. The number of ether oxygens (including phenoxy) is 2.